The molecule has 1 saturated heterocycles. The van der Waals surface area contributed by atoms with Gasteiger partial charge in [-0.05, 0) is 66.9 Å². The van der Waals surface area contributed by atoms with Gasteiger partial charge in [-0.15, -0.1) is 0 Å². The fourth-order valence-corrected chi connectivity index (χ4v) is 3.87. The summed E-state index contributed by atoms with van der Waals surface area (Å²) in [6, 6.07) is 23.8. The van der Waals surface area contributed by atoms with Gasteiger partial charge >= 0.3 is 0 Å². The molecule has 1 atom stereocenters. The molecule has 3 aromatic rings. The lowest BCUT2D eigenvalue weighted by atomic mass is 10.1. The molecule has 3 aromatic carbocycles. The number of benzene rings is 3. The second-order valence-corrected chi connectivity index (χ2v) is 8.27. The third kappa shape index (κ3) is 5.68. The van der Waals surface area contributed by atoms with Crippen molar-refractivity contribution in [1.82, 2.24) is 10.2 Å². The molecule has 5 nitrogen and oxygen atoms in total. The first-order chi connectivity index (χ1) is 15.6. The van der Waals surface area contributed by atoms with Crippen molar-refractivity contribution in [2.45, 2.75) is 25.5 Å². The molecule has 0 radical (unpaired) electrons. The Morgan fingerprint density at radius 2 is 1.62 bits per heavy atom. The van der Waals surface area contributed by atoms with E-state index >= 15 is 0 Å². The molecule has 0 bridgehead atoms. The maximum atomic E-state index is 13.0. The molecule has 1 unspecified atom stereocenters. The number of piperidine rings is 1. The maximum absolute atomic E-state index is 13.0. The summed E-state index contributed by atoms with van der Waals surface area (Å²) in [5, 5.41) is 3.54. The minimum Gasteiger partial charge on any atom is -0.489 e. The molecule has 1 N–H and O–H groups in total. The number of para-hydroxylation sites is 1. The Hall–Kier alpha value is -3.31. The van der Waals surface area contributed by atoms with Crippen LogP contribution >= 0.6 is 11.6 Å². The lowest BCUT2D eigenvalue weighted by Gasteiger charge is -2.33. The zero-order valence-electron chi connectivity index (χ0n) is 17.7. The number of hydrogen-bond donors (Lipinski definition) is 1. The fourth-order valence-electron chi connectivity index (χ4n) is 3.74. The van der Waals surface area contributed by atoms with Crippen LogP contribution in [0.25, 0.3) is 0 Å². The Labute approximate surface area is 193 Å². The van der Waals surface area contributed by atoms with E-state index in [4.69, 9.17) is 16.3 Å². The molecule has 1 aliphatic heterocycles. The maximum Gasteiger partial charge on any atom is 0.253 e. The van der Waals surface area contributed by atoms with Crippen molar-refractivity contribution in [2.75, 3.05) is 13.1 Å². The molecule has 164 valence electrons. The fraction of sp³-hybridized carbons (Fsp3) is 0.231. The molecule has 4 rings (SSSR count). The van der Waals surface area contributed by atoms with Crippen LogP contribution in [0.3, 0.4) is 0 Å². The van der Waals surface area contributed by atoms with Crippen molar-refractivity contribution < 1.29 is 14.3 Å². The lowest BCUT2D eigenvalue weighted by molar-refractivity contribution is 0.0538. The Bertz CT molecular complexity index is 1050. The molecule has 32 heavy (non-hydrogen) atoms. The van der Waals surface area contributed by atoms with Crippen LogP contribution in [0.1, 0.15) is 39.1 Å². The molecule has 1 heterocycles. The second kappa shape index (κ2) is 10.3. The van der Waals surface area contributed by atoms with Crippen molar-refractivity contribution in [1.29, 1.82) is 0 Å². The van der Waals surface area contributed by atoms with Crippen LogP contribution in [0, 0.1) is 0 Å². The van der Waals surface area contributed by atoms with Gasteiger partial charge in [0.15, 0.2) is 0 Å². The van der Waals surface area contributed by atoms with E-state index in [1.165, 1.54) is 0 Å². The highest BCUT2D eigenvalue weighted by atomic mass is 35.5. The Morgan fingerprint density at radius 1 is 0.938 bits per heavy atom. The summed E-state index contributed by atoms with van der Waals surface area (Å²) < 4.78 is 6.04. The van der Waals surface area contributed by atoms with Crippen LogP contribution in [0.15, 0.2) is 78.9 Å². The van der Waals surface area contributed by atoms with Gasteiger partial charge in [0, 0.05) is 29.2 Å². The quantitative estimate of drug-likeness (QED) is 0.580. The molecule has 6 heteroatoms. The highest BCUT2D eigenvalue weighted by Gasteiger charge is 2.25. The molecule has 0 aliphatic carbocycles. The molecule has 2 amide bonds. The smallest absolute Gasteiger partial charge is 0.253 e. The van der Waals surface area contributed by atoms with Crippen molar-refractivity contribution in [3.8, 4) is 5.75 Å². The van der Waals surface area contributed by atoms with Crippen molar-refractivity contribution in [3.05, 3.63) is 101 Å². The zero-order valence-corrected chi connectivity index (χ0v) is 18.4. The zero-order chi connectivity index (χ0) is 22.3. The molecule has 0 aromatic heterocycles. The Balaban J connectivity index is 1.33. The minimum atomic E-state index is -0.187. The number of halogens is 1. The monoisotopic (exact) mass is 448 g/mol. The van der Waals surface area contributed by atoms with E-state index < -0.39 is 0 Å². The molecular formula is C26H25ClN2O3. The number of nitrogens with one attached hydrogen (secondary N) is 1. The van der Waals surface area contributed by atoms with Crippen LogP contribution in [-0.2, 0) is 6.54 Å². The van der Waals surface area contributed by atoms with E-state index in [1.54, 1.807) is 36.4 Å². The van der Waals surface area contributed by atoms with Crippen molar-refractivity contribution in [3.63, 3.8) is 0 Å². The van der Waals surface area contributed by atoms with Crippen LogP contribution < -0.4 is 10.1 Å². The van der Waals surface area contributed by atoms with E-state index in [0.717, 1.165) is 24.2 Å². The third-order valence-corrected chi connectivity index (χ3v) is 5.72. The van der Waals surface area contributed by atoms with Crippen LogP contribution in [0.2, 0.25) is 5.02 Å². The van der Waals surface area contributed by atoms with Crippen molar-refractivity contribution in [2.24, 2.45) is 0 Å². The van der Waals surface area contributed by atoms with E-state index in [-0.39, 0.29) is 17.9 Å². The molecule has 0 saturated carbocycles. The molecule has 1 fully saturated rings. The van der Waals surface area contributed by atoms with E-state index in [0.29, 0.717) is 35.8 Å². The number of hydrogen-bond acceptors (Lipinski definition) is 3. The SMILES string of the molecule is O=C(NCc1ccc(Cl)cc1)c1ccc(C(=O)N2CCCC(Oc3ccccc3)C2)cc1. The van der Waals surface area contributed by atoms with Crippen LogP contribution in [0.5, 0.6) is 5.75 Å². The summed E-state index contributed by atoms with van der Waals surface area (Å²) in [4.78, 5) is 27.2. The average molecular weight is 449 g/mol. The molecule has 0 spiro atoms. The van der Waals surface area contributed by atoms with Gasteiger partial charge in [0.25, 0.3) is 11.8 Å². The predicted molar refractivity (Wildman–Crippen MR) is 125 cm³/mol. The number of rotatable bonds is 6. The van der Waals surface area contributed by atoms with Gasteiger partial charge in [0.05, 0.1) is 6.54 Å². The lowest BCUT2D eigenvalue weighted by Crippen LogP contribution is -2.44. The summed E-state index contributed by atoms with van der Waals surface area (Å²) in [7, 11) is 0. The Morgan fingerprint density at radius 3 is 2.34 bits per heavy atom. The normalized spacial score (nSPS) is 15.8. The molecular weight excluding hydrogens is 424 g/mol. The first kappa shape index (κ1) is 21.9. The minimum absolute atomic E-state index is 0.0204. The highest BCUT2D eigenvalue weighted by Crippen LogP contribution is 2.20. The van der Waals surface area contributed by atoms with E-state index in [1.807, 2.05) is 47.4 Å². The van der Waals surface area contributed by atoms with Gasteiger partial charge in [-0.2, -0.15) is 0 Å². The second-order valence-electron chi connectivity index (χ2n) is 7.83. The highest BCUT2D eigenvalue weighted by molar-refractivity contribution is 6.30. The van der Waals surface area contributed by atoms with Crippen molar-refractivity contribution >= 4 is 23.4 Å². The van der Waals surface area contributed by atoms with Gasteiger partial charge < -0.3 is 15.0 Å². The summed E-state index contributed by atoms with van der Waals surface area (Å²) in [5.74, 6) is 0.591. The summed E-state index contributed by atoms with van der Waals surface area (Å²) in [5.41, 5.74) is 2.05. The summed E-state index contributed by atoms with van der Waals surface area (Å²) in [6.45, 7) is 1.67. The summed E-state index contributed by atoms with van der Waals surface area (Å²) >= 11 is 5.89. The first-order valence-corrected chi connectivity index (χ1v) is 11.1. The molecule has 1 aliphatic rings. The standard InChI is InChI=1S/C26H25ClN2O3/c27-22-14-8-19(9-15-22)17-28-25(30)20-10-12-21(13-11-20)26(31)29-16-4-7-24(18-29)32-23-5-2-1-3-6-23/h1-3,5-6,8-15,24H,4,7,16-18H2,(H,28,30). The number of carbonyl (C=O) groups is 2. The van der Waals surface area contributed by atoms with Gasteiger partial charge in [-0.25, -0.2) is 0 Å². The van der Waals surface area contributed by atoms with E-state index in [2.05, 4.69) is 5.32 Å². The number of ether oxygens (including phenoxy) is 1. The number of amides is 2. The Kier molecular flexibility index (Phi) is 7.07. The van der Waals surface area contributed by atoms with Gasteiger partial charge in [-0.1, -0.05) is 41.9 Å². The van der Waals surface area contributed by atoms with Crippen LogP contribution in [-0.4, -0.2) is 35.9 Å². The number of nitrogens with zero attached hydrogens (tertiary/aromatic N) is 1. The van der Waals surface area contributed by atoms with Gasteiger partial charge in [0.1, 0.15) is 11.9 Å². The van der Waals surface area contributed by atoms with E-state index in [9.17, 15) is 9.59 Å². The topological polar surface area (TPSA) is 58.6 Å². The predicted octanol–water partition coefficient (Wildman–Crippen LogP) is 4.95. The van der Waals surface area contributed by atoms with Gasteiger partial charge in [0.2, 0.25) is 0 Å². The largest absolute Gasteiger partial charge is 0.489 e. The van der Waals surface area contributed by atoms with Crippen LogP contribution in [0.4, 0.5) is 0 Å². The third-order valence-electron chi connectivity index (χ3n) is 5.47. The average Bonchev–Trinajstić information content (AvgIpc) is 2.84. The summed E-state index contributed by atoms with van der Waals surface area (Å²) in [6.07, 6.45) is 1.80. The number of carbonyl (C=O) groups excluding carboxylic acids is 2. The number of likely N-dealkylation sites (tertiary alicyclic amines) is 1. The van der Waals surface area contributed by atoms with Gasteiger partial charge in [-0.3, -0.25) is 9.59 Å². The first-order valence-electron chi connectivity index (χ1n) is 10.7.